The van der Waals surface area contributed by atoms with E-state index in [9.17, 15) is 4.39 Å². The van der Waals surface area contributed by atoms with Crippen molar-refractivity contribution in [2.75, 3.05) is 27.2 Å². The maximum Gasteiger partial charge on any atom is 0.190 e. The lowest BCUT2D eigenvalue weighted by atomic mass is 10.1. The van der Waals surface area contributed by atoms with Gasteiger partial charge in [-0.3, -0.25) is 4.99 Å². The minimum Gasteiger partial charge on any atom is -0.497 e. The lowest BCUT2D eigenvalue weighted by Crippen LogP contribution is -2.39. The van der Waals surface area contributed by atoms with Crippen molar-refractivity contribution >= 4 is 5.96 Å². The summed E-state index contributed by atoms with van der Waals surface area (Å²) in [6, 6.07) is 16.3. The first kappa shape index (κ1) is 20.4. The first-order valence-electron chi connectivity index (χ1n) is 9.56. The van der Waals surface area contributed by atoms with Gasteiger partial charge in [-0.2, -0.15) is 5.10 Å². The highest BCUT2D eigenvalue weighted by atomic mass is 19.1. The van der Waals surface area contributed by atoms with E-state index in [4.69, 9.17) is 4.74 Å². The molecule has 7 heteroatoms. The number of halogens is 1. The summed E-state index contributed by atoms with van der Waals surface area (Å²) < 4.78 is 20.0. The fourth-order valence-electron chi connectivity index (χ4n) is 2.88. The molecule has 0 amide bonds. The van der Waals surface area contributed by atoms with Crippen molar-refractivity contribution in [3.63, 3.8) is 0 Å². The molecule has 0 atom stereocenters. The third-order valence-electron chi connectivity index (χ3n) is 4.50. The fourth-order valence-corrected chi connectivity index (χ4v) is 2.88. The Labute approximate surface area is 170 Å². The number of rotatable bonds is 8. The predicted octanol–water partition coefficient (Wildman–Crippen LogP) is 2.97. The average Bonchev–Trinajstić information content (AvgIpc) is 3.22. The smallest absolute Gasteiger partial charge is 0.190 e. The maximum absolute atomic E-state index is 13.0. The Morgan fingerprint density at radius 3 is 2.34 bits per heavy atom. The van der Waals surface area contributed by atoms with Crippen LogP contribution in [-0.4, -0.2) is 43.0 Å². The van der Waals surface area contributed by atoms with Gasteiger partial charge in [0.05, 0.1) is 18.5 Å². The molecule has 0 saturated heterocycles. The van der Waals surface area contributed by atoms with Crippen LogP contribution in [-0.2, 0) is 12.8 Å². The molecular formula is C22H26FN5O. The molecule has 0 unspecified atom stereocenters. The Kier molecular flexibility index (Phi) is 7.22. The Morgan fingerprint density at radius 1 is 1.00 bits per heavy atom. The van der Waals surface area contributed by atoms with Gasteiger partial charge in [0.25, 0.3) is 0 Å². The molecule has 152 valence electrons. The molecule has 0 aliphatic carbocycles. The van der Waals surface area contributed by atoms with Gasteiger partial charge < -0.3 is 15.4 Å². The number of hydrogen-bond donors (Lipinski definition) is 2. The number of aromatic nitrogens is 2. The van der Waals surface area contributed by atoms with Crippen LogP contribution in [0.15, 0.2) is 65.8 Å². The molecule has 3 rings (SSSR count). The van der Waals surface area contributed by atoms with Gasteiger partial charge >= 0.3 is 0 Å². The molecule has 2 N–H and O–H groups in total. The van der Waals surface area contributed by atoms with E-state index in [-0.39, 0.29) is 5.82 Å². The summed E-state index contributed by atoms with van der Waals surface area (Å²) in [5.41, 5.74) is 3.03. The van der Waals surface area contributed by atoms with E-state index >= 15 is 0 Å². The van der Waals surface area contributed by atoms with Crippen molar-refractivity contribution in [2.45, 2.75) is 12.8 Å². The average molecular weight is 395 g/mol. The Hall–Kier alpha value is -3.35. The van der Waals surface area contributed by atoms with E-state index in [0.29, 0.717) is 6.54 Å². The number of benzene rings is 2. The molecule has 3 aromatic rings. The number of hydrogen-bond acceptors (Lipinski definition) is 3. The number of nitrogens with zero attached hydrogens (tertiary/aromatic N) is 3. The molecule has 1 heterocycles. The minimum absolute atomic E-state index is 0.254. The third kappa shape index (κ3) is 6.07. The second kappa shape index (κ2) is 10.3. The van der Waals surface area contributed by atoms with Crippen LogP contribution >= 0.6 is 0 Å². The first-order chi connectivity index (χ1) is 14.2. The molecule has 0 saturated carbocycles. The summed E-state index contributed by atoms with van der Waals surface area (Å²) in [5, 5.41) is 11.1. The Morgan fingerprint density at radius 2 is 1.69 bits per heavy atom. The van der Waals surface area contributed by atoms with Gasteiger partial charge in [0, 0.05) is 32.8 Å². The molecule has 0 radical (unpaired) electrons. The molecule has 0 spiro atoms. The van der Waals surface area contributed by atoms with Crippen LogP contribution < -0.4 is 15.4 Å². The van der Waals surface area contributed by atoms with Gasteiger partial charge in [0.1, 0.15) is 11.6 Å². The number of methoxy groups -OCH3 is 1. The zero-order valence-corrected chi connectivity index (χ0v) is 16.7. The van der Waals surface area contributed by atoms with Gasteiger partial charge in [-0.1, -0.05) is 12.1 Å². The minimum atomic E-state index is -0.254. The molecule has 29 heavy (non-hydrogen) atoms. The van der Waals surface area contributed by atoms with E-state index in [2.05, 4.69) is 32.9 Å². The van der Waals surface area contributed by atoms with Crippen LogP contribution in [0.3, 0.4) is 0 Å². The van der Waals surface area contributed by atoms with E-state index in [1.165, 1.54) is 17.7 Å². The summed E-state index contributed by atoms with van der Waals surface area (Å²) in [5.74, 6) is 1.37. The van der Waals surface area contributed by atoms with Crippen LogP contribution in [0.4, 0.5) is 4.39 Å². The van der Waals surface area contributed by atoms with Crippen LogP contribution in [0.1, 0.15) is 11.3 Å². The fraction of sp³-hybridized carbons (Fsp3) is 0.273. The van der Waals surface area contributed by atoms with Crippen molar-refractivity contribution in [2.24, 2.45) is 4.99 Å². The molecule has 0 bridgehead atoms. The lowest BCUT2D eigenvalue weighted by Gasteiger charge is -2.11. The van der Waals surface area contributed by atoms with Crippen molar-refractivity contribution in [1.29, 1.82) is 0 Å². The summed E-state index contributed by atoms with van der Waals surface area (Å²) in [4.78, 5) is 4.25. The lowest BCUT2D eigenvalue weighted by molar-refractivity contribution is 0.414. The standard InChI is InChI=1S/C22H26FN5O/c1-24-22(25-14-11-17-3-9-21(29-2)10-4-17)26-15-12-19-13-16-28(27-19)20-7-5-18(23)6-8-20/h3-10,13,16H,11-12,14-15H2,1-2H3,(H2,24,25,26). The van der Waals surface area contributed by atoms with E-state index < -0.39 is 0 Å². The normalized spacial score (nSPS) is 11.3. The van der Waals surface area contributed by atoms with Crippen LogP contribution in [0.5, 0.6) is 5.75 Å². The van der Waals surface area contributed by atoms with E-state index in [0.717, 1.165) is 42.5 Å². The summed E-state index contributed by atoms with van der Waals surface area (Å²) in [6.45, 7) is 1.49. The van der Waals surface area contributed by atoms with Gasteiger partial charge in [0.2, 0.25) is 0 Å². The molecule has 1 aromatic heterocycles. The van der Waals surface area contributed by atoms with Crippen molar-refractivity contribution in [3.05, 3.63) is 77.9 Å². The van der Waals surface area contributed by atoms with Crippen molar-refractivity contribution in [1.82, 2.24) is 20.4 Å². The zero-order chi connectivity index (χ0) is 20.5. The molecule has 0 aliphatic heterocycles. The Bertz CT molecular complexity index is 919. The molecule has 0 aliphatic rings. The molecular weight excluding hydrogens is 369 g/mol. The van der Waals surface area contributed by atoms with Gasteiger partial charge in [-0.05, 0) is 54.4 Å². The summed E-state index contributed by atoms with van der Waals surface area (Å²) in [6.07, 6.45) is 3.53. The topological polar surface area (TPSA) is 63.5 Å². The van der Waals surface area contributed by atoms with Gasteiger partial charge in [-0.15, -0.1) is 0 Å². The second-order valence-corrected chi connectivity index (χ2v) is 6.50. The third-order valence-corrected chi connectivity index (χ3v) is 4.50. The Balaban J connectivity index is 1.41. The van der Waals surface area contributed by atoms with Gasteiger partial charge in [0.15, 0.2) is 5.96 Å². The largest absolute Gasteiger partial charge is 0.497 e. The number of ether oxygens (including phenoxy) is 1. The van der Waals surface area contributed by atoms with Crippen LogP contribution in [0, 0.1) is 5.82 Å². The second-order valence-electron chi connectivity index (χ2n) is 6.50. The van der Waals surface area contributed by atoms with E-state index in [1.54, 1.807) is 31.0 Å². The molecule has 2 aromatic carbocycles. The first-order valence-corrected chi connectivity index (χ1v) is 9.56. The zero-order valence-electron chi connectivity index (χ0n) is 16.7. The SMILES string of the molecule is CN=C(NCCc1ccc(OC)cc1)NCCc1ccn(-c2ccc(F)cc2)n1. The highest BCUT2D eigenvalue weighted by Gasteiger charge is 2.03. The number of guanidine groups is 1. The highest BCUT2D eigenvalue weighted by molar-refractivity contribution is 5.79. The van der Waals surface area contributed by atoms with Crippen LogP contribution in [0.25, 0.3) is 5.69 Å². The van der Waals surface area contributed by atoms with Crippen molar-refractivity contribution < 1.29 is 9.13 Å². The van der Waals surface area contributed by atoms with Crippen molar-refractivity contribution in [3.8, 4) is 11.4 Å². The molecule has 6 nitrogen and oxygen atoms in total. The summed E-state index contributed by atoms with van der Waals surface area (Å²) in [7, 11) is 3.42. The monoisotopic (exact) mass is 395 g/mol. The predicted molar refractivity (Wildman–Crippen MR) is 113 cm³/mol. The van der Waals surface area contributed by atoms with Gasteiger partial charge in [-0.25, -0.2) is 9.07 Å². The number of nitrogens with one attached hydrogen (secondary N) is 2. The number of aliphatic imine (C=N–C) groups is 1. The highest BCUT2D eigenvalue weighted by Crippen LogP contribution is 2.11. The maximum atomic E-state index is 13.0. The molecule has 0 fully saturated rings. The summed E-state index contributed by atoms with van der Waals surface area (Å²) >= 11 is 0. The quantitative estimate of drug-likeness (QED) is 0.455. The van der Waals surface area contributed by atoms with E-state index in [1.807, 2.05) is 24.4 Å². The van der Waals surface area contributed by atoms with Crippen LogP contribution in [0.2, 0.25) is 0 Å².